The van der Waals surface area contributed by atoms with Gasteiger partial charge in [-0.1, -0.05) is 12.1 Å². The van der Waals surface area contributed by atoms with Crippen molar-refractivity contribution >= 4 is 11.0 Å². The number of hydrogen-bond acceptors (Lipinski definition) is 4. The first-order valence-corrected chi connectivity index (χ1v) is 8.97. The van der Waals surface area contributed by atoms with Gasteiger partial charge >= 0.3 is 0 Å². The number of rotatable bonds is 8. The van der Waals surface area contributed by atoms with Crippen molar-refractivity contribution in [3.8, 4) is 11.5 Å². The Balaban J connectivity index is 1.84. The van der Waals surface area contributed by atoms with Crippen molar-refractivity contribution in [2.45, 2.75) is 33.2 Å². The van der Waals surface area contributed by atoms with Gasteiger partial charge in [-0.3, -0.25) is 0 Å². The van der Waals surface area contributed by atoms with Gasteiger partial charge in [-0.15, -0.1) is 0 Å². The molecule has 138 valence electrons. The van der Waals surface area contributed by atoms with Crippen LogP contribution in [0.4, 0.5) is 0 Å². The van der Waals surface area contributed by atoms with Gasteiger partial charge in [-0.05, 0) is 55.7 Å². The van der Waals surface area contributed by atoms with E-state index in [4.69, 9.17) is 14.5 Å². The molecule has 0 fully saturated rings. The number of nitrogens with zero attached hydrogens (tertiary/aromatic N) is 2. The molecule has 2 aromatic carbocycles. The van der Waals surface area contributed by atoms with Crippen LogP contribution in [0.25, 0.3) is 11.0 Å². The standard InChI is InChI=1S/C21H26N2O3/c1-15-13-17-18(14-16(15)2)23(21(22-17)9-6-11-24)10-12-26-20-8-5-4-7-19(20)25-3/h4-5,7-8,13-14,24H,6,9-12H2,1-3H3. The van der Waals surface area contributed by atoms with Gasteiger partial charge in [0.05, 0.1) is 24.7 Å². The maximum atomic E-state index is 9.19. The lowest BCUT2D eigenvalue weighted by molar-refractivity contribution is 0.275. The lowest BCUT2D eigenvalue weighted by Gasteiger charge is -2.13. The number of imidazole rings is 1. The van der Waals surface area contributed by atoms with Crippen molar-refractivity contribution in [3.63, 3.8) is 0 Å². The molecule has 0 radical (unpaired) electrons. The van der Waals surface area contributed by atoms with E-state index in [0.717, 1.165) is 34.8 Å². The predicted octanol–water partition coefficient (Wildman–Crippen LogP) is 3.67. The van der Waals surface area contributed by atoms with E-state index in [1.54, 1.807) is 7.11 Å². The second kappa shape index (κ2) is 8.23. The van der Waals surface area contributed by atoms with Gasteiger partial charge in [0, 0.05) is 13.0 Å². The van der Waals surface area contributed by atoms with Crippen LogP contribution in [-0.4, -0.2) is 35.0 Å². The summed E-state index contributed by atoms with van der Waals surface area (Å²) < 4.78 is 13.5. The number of ether oxygens (including phenoxy) is 2. The Bertz CT molecular complexity index is 886. The number of methoxy groups -OCH3 is 1. The van der Waals surface area contributed by atoms with Crippen molar-refractivity contribution in [2.24, 2.45) is 0 Å². The second-order valence-corrected chi connectivity index (χ2v) is 6.43. The Labute approximate surface area is 154 Å². The van der Waals surface area contributed by atoms with E-state index in [0.29, 0.717) is 19.6 Å². The van der Waals surface area contributed by atoms with Crippen LogP contribution in [-0.2, 0) is 13.0 Å². The molecule has 0 saturated carbocycles. The SMILES string of the molecule is COc1ccccc1OCCn1c(CCCO)nc2cc(C)c(C)cc21. The Morgan fingerprint density at radius 3 is 2.54 bits per heavy atom. The van der Waals surface area contributed by atoms with E-state index in [2.05, 4.69) is 30.5 Å². The fourth-order valence-electron chi connectivity index (χ4n) is 3.09. The molecular weight excluding hydrogens is 328 g/mol. The maximum absolute atomic E-state index is 9.19. The molecule has 0 aliphatic rings. The first kappa shape index (κ1) is 18.3. The van der Waals surface area contributed by atoms with Gasteiger partial charge in [-0.25, -0.2) is 4.98 Å². The molecule has 1 N–H and O–H groups in total. The van der Waals surface area contributed by atoms with Crippen LogP contribution < -0.4 is 9.47 Å². The number of benzene rings is 2. The van der Waals surface area contributed by atoms with E-state index >= 15 is 0 Å². The smallest absolute Gasteiger partial charge is 0.161 e. The number of hydrogen-bond donors (Lipinski definition) is 1. The Morgan fingerprint density at radius 2 is 1.81 bits per heavy atom. The van der Waals surface area contributed by atoms with E-state index in [-0.39, 0.29) is 6.61 Å². The summed E-state index contributed by atoms with van der Waals surface area (Å²) in [4.78, 5) is 4.78. The molecule has 0 bridgehead atoms. The molecule has 0 amide bonds. The van der Waals surface area contributed by atoms with Crippen molar-refractivity contribution in [2.75, 3.05) is 20.3 Å². The summed E-state index contributed by atoms with van der Waals surface area (Å²) in [6, 6.07) is 12.0. The molecular formula is C21H26N2O3. The van der Waals surface area contributed by atoms with Crippen LogP contribution in [0, 0.1) is 13.8 Å². The van der Waals surface area contributed by atoms with E-state index < -0.39 is 0 Å². The highest BCUT2D eigenvalue weighted by molar-refractivity contribution is 5.78. The minimum atomic E-state index is 0.166. The fraction of sp³-hybridized carbons (Fsp3) is 0.381. The average Bonchev–Trinajstić information content (AvgIpc) is 2.97. The van der Waals surface area contributed by atoms with Crippen molar-refractivity contribution in [1.29, 1.82) is 0 Å². The van der Waals surface area contributed by atoms with Gasteiger partial charge in [-0.2, -0.15) is 0 Å². The van der Waals surface area contributed by atoms with Gasteiger partial charge < -0.3 is 19.1 Å². The van der Waals surface area contributed by atoms with E-state index in [1.165, 1.54) is 11.1 Å². The quantitative estimate of drug-likeness (QED) is 0.671. The number of aromatic nitrogens is 2. The lowest BCUT2D eigenvalue weighted by atomic mass is 10.1. The molecule has 3 aromatic rings. The molecule has 1 aromatic heterocycles. The van der Waals surface area contributed by atoms with Crippen LogP contribution in [0.15, 0.2) is 36.4 Å². The molecule has 0 aliphatic carbocycles. The zero-order chi connectivity index (χ0) is 18.5. The molecule has 0 saturated heterocycles. The minimum Gasteiger partial charge on any atom is -0.493 e. The average molecular weight is 354 g/mol. The fourth-order valence-corrected chi connectivity index (χ4v) is 3.09. The Kier molecular flexibility index (Phi) is 5.78. The summed E-state index contributed by atoms with van der Waals surface area (Å²) in [6.45, 7) is 5.60. The van der Waals surface area contributed by atoms with E-state index in [1.807, 2.05) is 24.3 Å². The van der Waals surface area contributed by atoms with Crippen molar-refractivity contribution in [3.05, 3.63) is 53.3 Å². The highest BCUT2D eigenvalue weighted by atomic mass is 16.5. The Hall–Kier alpha value is -2.53. The molecule has 0 unspecified atom stereocenters. The van der Waals surface area contributed by atoms with Crippen LogP contribution >= 0.6 is 0 Å². The van der Waals surface area contributed by atoms with Crippen molar-refractivity contribution < 1.29 is 14.6 Å². The Morgan fingerprint density at radius 1 is 1.08 bits per heavy atom. The normalized spacial score (nSPS) is 11.1. The van der Waals surface area contributed by atoms with Crippen LogP contribution in [0.1, 0.15) is 23.4 Å². The molecule has 3 rings (SSSR count). The third-order valence-corrected chi connectivity index (χ3v) is 4.64. The molecule has 0 spiro atoms. The third kappa shape index (κ3) is 3.83. The zero-order valence-electron chi connectivity index (χ0n) is 15.7. The summed E-state index contributed by atoms with van der Waals surface area (Å²) in [6.07, 6.45) is 1.45. The summed E-state index contributed by atoms with van der Waals surface area (Å²) in [7, 11) is 1.64. The van der Waals surface area contributed by atoms with Gasteiger partial charge in [0.15, 0.2) is 11.5 Å². The van der Waals surface area contributed by atoms with Crippen LogP contribution in [0.3, 0.4) is 0 Å². The predicted molar refractivity (Wildman–Crippen MR) is 103 cm³/mol. The maximum Gasteiger partial charge on any atom is 0.161 e. The van der Waals surface area contributed by atoms with Crippen LogP contribution in [0.2, 0.25) is 0 Å². The number of aliphatic hydroxyl groups excluding tert-OH is 1. The second-order valence-electron chi connectivity index (χ2n) is 6.43. The molecule has 5 nitrogen and oxygen atoms in total. The molecule has 1 heterocycles. The highest BCUT2D eigenvalue weighted by Crippen LogP contribution is 2.26. The van der Waals surface area contributed by atoms with Crippen LogP contribution in [0.5, 0.6) is 11.5 Å². The molecule has 0 aliphatic heterocycles. The largest absolute Gasteiger partial charge is 0.493 e. The summed E-state index contributed by atoms with van der Waals surface area (Å²) in [5.74, 6) is 2.46. The van der Waals surface area contributed by atoms with Crippen molar-refractivity contribution in [1.82, 2.24) is 9.55 Å². The zero-order valence-corrected chi connectivity index (χ0v) is 15.7. The highest BCUT2D eigenvalue weighted by Gasteiger charge is 2.12. The number of aliphatic hydroxyl groups is 1. The lowest BCUT2D eigenvalue weighted by Crippen LogP contribution is -2.12. The number of aryl methyl sites for hydroxylation is 3. The summed E-state index contributed by atoms with van der Waals surface area (Å²) in [5.41, 5.74) is 4.60. The first-order valence-electron chi connectivity index (χ1n) is 8.97. The van der Waals surface area contributed by atoms with E-state index in [9.17, 15) is 5.11 Å². The molecule has 26 heavy (non-hydrogen) atoms. The first-order chi connectivity index (χ1) is 12.6. The topological polar surface area (TPSA) is 56.5 Å². The summed E-state index contributed by atoms with van der Waals surface area (Å²) in [5, 5.41) is 9.19. The van der Waals surface area contributed by atoms with Gasteiger partial charge in [0.2, 0.25) is 0 Å². The third-order valence-electron chi connectivity index (χ3n) is 4.64. The number of para-hydroxylation sites is 2. The molecule has 5 heteroatoms. The van der Waals surface area contributed by atoms with Gasteiger partial charge in [0.1, 0.15) is 12.4 Å². The molecule has 0 atom stereocenters. The summed E-state index contributed by atoms with van der Waals surface area (Å²) >= 11 is 0. The number of fused-ring (bicyclic) bond motifs is 1. The van der Waals surface area contributed by atoms with Gasteiger partial charge in [0.25, 0.3) is 0 Å². The monoisotopic (exact) mass is 354 g/mol. The minimum absolute atomic E-state index is 0.166.